The zero-order valence-electron chi connectivity index (χ0n) is 14.8. The summed E-state index contributed by atoms with van der Waals surface area (Å²) >= 11 is 0. The van der Waals surface area contributed by atoms with Crippen molar-refractivity contribution in [3.63, 3.8) is 0 Å². The molecule has 1 aliphatic rings. The van der Waals surface area contributed by atoms with Crippen LogP contribution in [0.4, 0.5) is 13.2 Å². The highest BCUT2D eigenvalue weighted by Crippen LogP contribution is 2.30. The van der Waals surface area contributed by atoms with Crippen molar-refractivity contribution in [2.45, 2.75) is 58.4 Å². The molecule has 8 heteroatoms. The highest BCUT2D eigenvalue weighted by molar-refractivity contribution is 5.10. The van der Waals surface area contributed by atoms with Gasteiger partial charge in [0.25, 0.3) is 0 Å². The fraction of sp³-hybridized carbons (Fsp3) is 0.647. The van der Waals surface area contributed by atoms with Crippen LogP contribution in [0.2, 0.25) is 0 Å². The highest BCUT2D eigenvalue weighted by Gasteiger charge is 2.35. The Morgan fingerprint density at radius 3 is 2.64 bits per heavy atom. The molecule has 2 aromatic rings. The van der Waals surface area contributed by atoms with Gasteiger partial charge in [0.15, 0.2) is 5.69 Å². The Balaban J connectivity index is 1.52. The van der Waals surface area contributed by atoms with Gasteiger partial charge in [-0.25, -0.2) is 4.98 Å². The zero-order chi connectivity index (χ0) is 18.2. The van der Waals surface area contributed by atoms with E-state index < -0.39 is 11.9 Å². The Hall–Kier alpha value is -1.83. The highest BCUT2D eigenvalue weighted by atomic mass is 19.4. The summed E-state index contributed by atoms with van der Waals surface area (Å²) in [5, 5.41) is 7.76. The van der Waals surface area contributed by atoms with Crippen LogP contribution in [0.3, 0.4) is 0 Å². The lowest BCUT2D eigenvalue weighted by Crippen LogP contribution is -2.29. The van der Waals surface area contributed by atoms with Crippen molar-refractivity contribution in [1.29, 1.82) is 0 Å². The van der Waals surface area contributed by atoms with E-state index in [2.05, 4.69) is 36.2 Å². The lowest BCUT2D eigenvalue weighted by atomic mass is 9.99. The van der Waals surface area contributed by atoms with Crippen LogP contribution in [0.5, 0.6) is 0 Å². The van der Waals surface area contributed by atoms with Crippen molar-refractivity contribution in [2.75, 3.05) is 6.54 Å². The van der Waals surface area contributed by atoms with Crippen molar-refractivity contribution in [3.8, 4) is 0 Å². The van der Waals surface area contributed by atoms with E-state index in [4.69, 9.17) is 0 Å². The molecule has 0 unspecified atom stereocenters. The normalized spacial score (nSPS) is 18.4. The van der Waals surface area contributed by atoms with Crippen LogP contribution in [0, 0.1) is 5.92 Å². The van der Waals surface area contributed by atoms with E-state index in [0.29, 0.717) is 31.3 Å². The monoisotopic (exact) mass is 355 g/mol. The van der Waals surface area contributed by atoms with Crippen molar-refractivity contribution in [3.05, 3.63) is 35.7 Å². The summed E-state index contributed by atoms with van der Waals surface area (Å²) in [6.07, 6.45) is 2.08. The Labute approximate surface area is 145 Å². The number of halogens is 3. The van der Waals surface area contributed by atoms with E-state index in [0.717, 1.165) is 24.7 Å². The van der Waals surface area contributed by atoms with Crippen LogP contribution >= 0.6 is 0 Å². The van der Waals surface area contributed by atoms with Crippen LogP contribution in [-0.2, 0) is 31.2 Å². The predicted octanol–water partition coefficient (Wildman–Crippen LogP) is 3.21. The average Bonchev–Trinajstić information content (AvgIpc) is 3.12. The first-order valence-corrected chi connectivity index (χ1v) is 8.51. The molecule has 0 fully saturated rings. The van der Waals surface area contributed by atoms with E-state index in [-0.39, 0.29) is 5.54 Å². The van der Waals surface area contributed by atoms with Crippen molar-refractivity contribution < 1.29 is 13.2 Å². The van der Waals surface area contributed by atoms with Gasteiger partial charge in [0.1, 0.15) is 5.82 Å². The molecular weight excluding hydrogens is 331 g/mol. The minimum absolute atomic E-state index is 0.0460. The first-order chi connectivity index (χ1) is 11.6. The van der Waals surface area contributed by atoms with E-state index in [1.165, 1.54) is 0 Å². The number of aryl methyl sites for hydroxylation is 1. The summed E-state index contributed by atoms with van der Waals surface area (Å²) in [5.41, 5.74) is 0.273. The number of hydrogen-bond acceptors (Lipinski definition) is 3. The molecule has 138 valence electrons. The Morgan fingerprint density at radius 1 is 1.24 bits per heavy atom. The lowest BCUT2D eigenvalue weighted by Gasteiger charge is -2.23. The standard InChI is InChI=1S/C17H24F3N5/c1-16(2,3)25-10-13(8-22-25)7-21-6-12-4-5-15-23-14(17(18,19)20)11-24(15)9-12/h8,10-12,21H,4-7,9H2,1-3H3/t12-/m0/s1. The summed E-state index contributed by atoms with van der Waals surface area (Å²) in [7, 11) is 0. The second-order valence-corrected chi connectivity index (χ2v) is 7.69. The van der Waals surface area contributed by atoms with Crippen LogP contribution < -0.4 is 5.32 Å². The van der Waals surface area contributed by atoms with Crippen LogP contribution in [0.15, 0.2) is 18.6 Å². The number of nitrogens with one attached hydrogen (secondary N) is 1. The summed E-state index contributed by atoms with van der Waals surface area (Å²) in [6.45, 7) is 8.33. The third-order valence-corrected chi connectivity index (χ3v) is 4.47. The van der Waals surface area contributed by atoms with Gasteiger partial charge in [-0.2, -0.15) is 18.3 Å². The van der Waals surface area contributed by atoms with Crippen molar-refractivity contribution in [2.24, 2.45) is 5.92 Å². The maximum Gasteiger partial charge on any atom is 0.434 e. The number of alkyl halides is 3. The molecule has 1 aliphatic heterocycles. The number of hydrogen-bond donors (Lipinski definition) is 1. The van der Waals surface area contributed by atoms with E-state index >= 15 is 0 Å². The van der Waals surface area contributed by atoms with Gasteiger partial charge in [-0.15, -0.1) is 0 Å². The minimum Gasteiger partial charge on any atom is -0.334 e. The molecule has 5 nitrogen and oxygen atoms in total. The topological polar surface area (TPSA) is 47.7 Å². The van der Waals surface area contributed by atoms with Crippen LogP contribution in [-0.4, -0.2) is 25.9 Å². The summed E-state index contributed by atoms with van der Waals surface area (Å²) in [5.74, 6) is 0.843. The molecule has 0 saturated carbocycles. The second-order valence-electron chi connectivity index (χ2n) is 7.69. The molecule has 0 saturated heterocycles. The van der Waals surface area contributed by atoms with Crippen molar-refractivity contribution >= 4 is 0 Å². The molecule has 0 aromatic carbocycles. The molecule has 0 bridgehead atoms. The van der Waals surface area contributed by atoms with Crippen molar-refractivity contribution in [1.82, 2.24) is 24.6 Å². The number of fused-ring (bicyclic) bond motifs is 1. The summed E-state index contributed by atoms with van der Waals surface area (Å²) in [6, 6.07) is 0. The summed E-state index contributed by atoms with van der Waals surface area (Å²) < 4.78 is 41.8. The molecule has 1 atom stereocenters. The number of aromatic nitrogens is 4. The average molecular weight is 355 g/mol. The smallest absolute Gasteiger partial charge is 0.334 e. The zero-order valence-corrected chi connectivity index (χ0v) is 14.8. The van der Waals surface area contributed by atoms with Crippen LogP contribution in [0.25, 0.3) is 0 Å². The molecular formula is C17H24F3N5. The molecule has 25 heavy (non-hydrogen) atoms. The third-order valence-electron chi connectivity index (χ3n) is 4.47. The van der Waals surface area contributed by atoms with Crippen LogP contribution in [0.1, 0.15) is 44.3 Å². The van der Waals surface area contributed by atoms with E-state index in [1.54, 1.807) is 4.57 Å². The molecule has 2 aromatic heterocycles. The third kappa shape index (κ3) is 4.23. The second kappa shape index (κ2) is 6.48. The molecule has 3 heterocycles. The summed E-state index contributed by atoms with van der Waals surface area (Å²) in [4.78, 5) is 3.72. The van der Waals surface area contributed by atoms with Gasteiger partial charge < -0.3 is 9.88 Å². The maximum atomic E-state index is 12.8. The first kappa shape index (κ1) is 18.0. The Bertz CT molecular complexity index is 723. The molecule has 0 amide bonds. The largest absolute Gasteiger partial charge is 0.434 e. The number of nitrogens with zero attached hydrogens (tertiary/aromatic N) is 4. The van der Waals surface area contributed by atoms with Gasteiger partial charge in [0.2, 0.25) is 0 Å². The van der Waals surface area contributed by atoms with Gasteiger partial charge in [-0.05, 0) is 39.7 Å². The predicted molar refractivity (Wildman–Crippen MR) is 88.0 cm³/mol. The quantitative estimate of drug-likeness (QED) is 0.916. The maximum absolute atomic E-state index is 12.8. The fourth-order valence-corrected chi connectivity index (χ4v) is 3.06. The van der Waals surface area contributed by atoms with Gasteiger partial charge >= 0.3 is 6.18 Å². The molecule has 0 aliphatic carbocycles. The molecule has 0 radical (unpaired) electrons. The molecule has 0 spiro atoms. The Kier molecular flexibility index (Phi) is 4.66. The Morgan fingerprint density at radius 2 is 2.00 bits per heavy atom. The SMILES string of the molecule is CC(C)(C)n1cc(CNC[C@@H]2CCc3nc(C(F)(F)F)cn3C2)cn1. The van der Waals surface area contributed by atoms with Gasteiger partial charge in [0.05, 0.1) is 11.7 Å². The molecule has 3 rings (SSSR count). The fourth-order valence-electron chi connectivity index (χ4n) is 3.06. The van der Waals surface area contributed by atoms with Gasteiger partial charge in [-0.3, -0.25) is 4.68 Å². The van der Waals surface area contributed by atoms with Gasteiger partial charge in [-0.1, -0.05) is 0 Å². The number of imidazole rings is 1. The first-order valence-electron chi connectivity index (χ1n) is 8.51. The molecule has 1 N–H and O–H groups in total. The number of rotatable bonds is 4. The van der Waals surface area contributed by atoms with E-state index in [1.807, 2.05) is 17.1 Å². The lowest BCUT2D eigenvalue weighted by molar-refractivity contribution is -0.141. The van der Waals surface area contributed by atoms with E-state index in [9.17, 15) is 13.2 Å². The van der Waals surface area contributed by atoms with Gasteiger partial charge in [0, 0.05) is 37.5 Å². The minimum atomic E-state index is -4.37.